The van der Waals surface area contributed by atoms with E-state index in [-0.39, 0.29) is 18.1 Å². The quantitative estimate of drug-likeness (QED) is 0.576. The summed E-state index contributed by atoms with van der Waals surface area (Å²) in [5.41, 5.74) is 0.579. The van der Waals surface area contributed by atoms with E-state index < -0.39 is 0 Å². The summed E-state index contributed by atoms with van der Waals surface area (Å²) in [5.74, 6) is 0.465. The number of esters is 1. The van der Waals surface area contributed by atoms with E-state index in [4.69, 9.17) is 0 Å². The Labute approximate surface area is 128 Å². The molecule has 1 aliphatic rings. The van der Waals surface area contributed by atoms with E-state index >= 15 is 0 Å². The number of halogens is 1. The van der Waals surface area contributed by atoms with Crippen LogP contribution in [-0.4, -0.2) is 27.2 Å². The Balaban J connectivity index is 2.23. The van der Waals surface area contributed by atoms with Gasteiger partial charge in [0.05, 0.1) is 12.5 Å². The summed E-state index contributed by atoms with van der Waals surface area (Å²) in [6.07, 6.45) is 4.65. The van der Waals surface area contributed by atoms with Crippen molar-refractivity contribution < 1.29 is 9.53 Å². The van der Waals surface area contributed by atoms with Gasteiger partial charge in [0.15, 0.2) is 0 Å². The third kappa shape index (κ3) is 2.13. The third-order valence-corrected chi connectivity index (χ3v) is 4.39. The molecule has 0 radical (unpaired) electrons. The molecule has 2 aromatic rings. The van der Waals surface area contributed by atoms with Crippen molar-refractivity contribution in [3.8, 4) is 0 Å². The van der Waals surface area contributed by atoms with Crippen molar-refractivity contribution in [1.82, 2.24) is 14.1 Å². The highest BCUT2D eigenvalue weighted by atomic mass is 127. The van der Waals surface area contributed by atoms with E-state index in [1.165, 1.54) is 7.11 Å². The number of hydrogen-bond donors (Lipinski definition) is 0. The molecule has 0 bridgehead atoms. The van der Waals surface area contributed by atoms with Crippen LogP contribution in [0.4, 0.5) is 0 Å². The number of aryl methyl sites for hydroxylation is 1. The molecule has 0 aliphatic carbocycles. The lowest BCUT2D eigenvalue weighted by atomic mass is 10.1. The number of carbonyl (C=O) groups is 1. The first-order chi connectivity index (χ1) is 9.61. The number of ether oxygens (including phenoxy) is 1. The van der Waals surface area contributed by atoms with Gasteiger partial charge in [0.25, 0.3) is 5.56 Å². The van der Waals surface area contributed by atoms with Crippen LogP contribution in [0.25, 0.3) is 11.0 Å². The first kappa shape index (κ1) is 13.6. The molecular formula is C13H14IN3O3. The minimum Gasteiger partial charge on any atom is -0.468 e. The SMILES string of the molecule is COC(=O)Cn1cc(I)c2c(=O)n3c(nc21)CCCC3. The zero-order chi connectivity index (χ0) is 14.3. The van der Waals surface area contributed by atoms with E-state index in [1.807, 2.05) is 0 Å². The van der Waals surface area contributed by atoms with Gasteiger partial charge in [0, 0.05) is 22.7 Å². The molecule has 20 heavy (non-hydrogen) atoms. The normalized spacial score (nSPS) is 14.3. The van der Waals surface area contributed by atoms with Crippen molar-refractivity contribution in [2.75, 3.05) is 7.11 Å². The van der Waals surface area contributed by atoms with E-state index in [0.29, 0.717) is 11.0 Å². The summed E-state index contributed by atoms with van der Waals surface area (Å²) in [5, 5.41) is 0.597. The number of aromatic nitrogens is 3. The largest absolute Gasteiger partial charge is 0.468 e. The number of carbonyl (C=O) groups excluding carboxylic acids is 1. The van der Waals surface area contributed by atoms with Crippen molar-refractivity contribution in [2.45, 2.75) is 32.4 Å². The van der Waals surface area contributed by atoms with Crippen LogP contribution >= 0.6 is 22.6 Å². The summed E-state index contributed by atoms with van der Waals surface area (Å²) in [7, 11) is 1.35. The van der Waals surface area contributed by atoms with Gasteiger partial charge in [-0.05, 0) is 35.4 Å². The molecule has 0 amide bonds. The van der Waals surface area contributed by atoms with Crippen LogP contribution < -0.4 is 5.56 Å². The summed E-state index contributed by atoms with van der Waals surface area (Å²) in [6, 6.07) is 0. The van der Waals surface area contributed by atoms with Gasteiger partial charge >= 0.3 is 5.97 Å². The molecule has 3 rings (SSSR count). The molecule has 0 aromatic carbocycles. The third-order valence-electron chi connectivity index (χ3n) is 3.57. The predicted octanol–water partition coefficient (Wildman–Crippen LogP) is 1.31. The Bertz CT molecular complexity index is 747. The Morgan fingerprint density at radius 3 is 3.05 bits per heavy atom. The molecule has 0 saturated carbocycles. The number of nitrogens with zero attached hydrogens (tertiary/aromatic N) is 3. The van der Waals surface area contributed by atoms with Gasteiger partial charge in [0.2, 0.25) is 0 Å². The molecule has 2 aromatic heterocycles. The minimum atomic E-state index is -0.349. The maximum atomic E-state index is 12.6. The van der Waals surface area contributed by atoms with Crippen LogP contribution in [0.15, 0.2) is 11.0 Å². The fourth-order valence-electron chi connectivity index (χ4n) is 2.56. The van der Waals surface area contributed by atoms with Crippen LogP contribution in [0.3, 0.4) is 0 Å². The van der Waals surface area contributed by atoms with E-state index in [1.54, 1.807) is 15.3 Å². The lowest BCUT2D eigenvalue weighted by Gasteiger charge is -2.17. The first-order valence-corrected chi connectivity index (χ1v) is 7.54. The van der Waals surface area contributed by atoms with Crippen LogP contribution in [-0.2, 0) is 29.0 Å². The van der Waals surface area contributed by atoms with Gasteiger partial charge in [-0.1, -0.05) is 0 Å². The fraction of sp³-hybridized carbons (Fsp3) is 0.462. The molecule has 0 N–H and O–H groups in total. The molecule has 0 spiro atoms. The maximum Gasteiger partial charge on any atom is 0.325 e. The average molecular weight is 387 g/mol. The van der Waals surface area contributed by atoms with E-state index in [9.17, 15) is 9.59 Å². The van der Waals surface area contributed by atoms with Gasteiger partial charge in [-0.25, -0.2) is 4.98 Å². The highest BCUT2D eigenvalue weighted by Gasteiger charge is 2.20. The average Bonchev–Trinajstić information content (AvgIpc) is 2.75. The second-order valence-electron chi connectivity index (χ2n) is 4.82. The highest BCUT2D eigenvalue weighted by Crippen LogP contribution is 2.21. The van der Waals surface area contributed by atoms with Crippen molar-refractivity contribution in [1.29, 1.82) is 0 Å². The molecule has 6 nitrogen and oxygen atoms in total. The standard InChI is InChI=1S/C13H14IN3O3/c1-20-10(18)7-16-6-8(14)11-12(16)15-9-4-2-3-5-17(9)13(11)19/h6H,2-5,7H2,1H3. The van der Waals surface area contributed by atoms with Crippen LogP contribution in [0.1, 0.15) is 18.7 Å². The number of hydrogen-bond acceptors (Lipinski definition) is 4. The summed E-state index contributed by atoms with van der Waals surface area (Å²) in [4.78, 5) is 28.6. The van der Waals surface area contributed by atoms with Crippen molar-refractivity contribution >= 4 is 39.6 Å². The molecule has 106 valence electrons. The zero-order valence-corrected chi connectivity index (χ0v) is 13.2. The van der Waals surface area contributed by atoms with E-state index in [2.05, 4.69) is 32.3 Å². The monoisotopic (exact) mass is 387 g/mol. The number of rotatable bonds is 2. The Morgan fingerprint density at radius 1 is 1.50 bits per heavy atom. The van der Waals surface area contributed by atoms with Crippen LogP contribution in [0.2, 0.25) is 0 Å². The van der Waals surface area contributed by atoms with Crippen molar-refractivity contribution in [3.05, 3.63) is 25.9 Å². The molecule has 0 unspecified atom stereocenters. The molecule has 0 fully saturated rings. The van der Waals surface area contributed by atoms with Gasteiger partial charge in [-0.15, -0.1) is 0 Å². The minimum absolute atomic E-state index is 0.00211. The smallest absolute Gasteiger partial charge is 0.325 e. The topological polar surface area (TPSA) is 66.1 Å². The molecule has 0 saturated heterocycles. The highest BCUT2D eigenvalue weighted by molar-refractivity contribution is 14.1. The summed E-state index contributed by atoms with van der Waals surface area (Å²) >= 11 is 2.11. The second kappa shape index (κ2) is 5.19. The molecular weight excluding hydrogens is 373 g/mol. The Morgan fingerprint density at radius 2 is 2.30 bits per heavy atom. The van der Waals surface area contributed by atoms with Crippen molar-refractivity contribution in [3.63, 3.8) is 0 Å². The molecule has 3 heterocycles. The molecule has 1 aliphatic heterocycles. The van der Waals surface area contributed by atoms with Crippen LogP contribution in [0.5, 0.6) is 0 Å². The van der Waals surface area contributed by atoms with Crippen molar-refractivity contribution in [2.24, 2.45) is 0 Å². The van der Waals surface area contributed by atoms with Crippen LogP contribution in [0, 0.1) is 3.57 Å². The predicted molar refractivity (Wildman–Crippen MR) is 81.7 cm³/mol. The lowest BCUT2D eigenvalue weighted by molar-refractivity contribution is -0.141. The number of methoxy groups -OCH3 is 1. The molecule has 7 heteroatoms. The van der Waals surface area contributed by atoms with Gasteiger partial charge in [-0.2, -0.15) is 0 Å². The maximum absolute atomic E-state index is 12.6. The first-order valence-electron chi connectivity index (χ1n) is 6.46. The summed E-state index contributed by atoms with van der Waals surface area (Å²) in [6.45, 7) is 0.807. The number of fused-ring (bicyclic) bond motifs is 2. The van der Waals surface area contributed by atoms with Gasteiger partial charge in [0.1, 0.15) is 18.0 Å². The fourth-order valence-corrected chi connectivity index (χ4v) is 3.37. The molecule has 0 atom stereocenters. The van der Waals surface area contributed by atoms with E-state index in [0.717, 1.165) is 35.2 Å². The zero-order valence-electron chi connectivity index (χ0n) is 11.1. The second-order valence-corrected chi connectivity index (χ2v) is 5.98. The van der Waals surface area contributed by atoms with Gasteiger partial charge in [-0.3, -0.25) is 14.2 Å². The lowest BCUT2D eigenvalue weighted by Crippen LogP contribution is -2.28. The summed E-state index contributed by atoms with van der Waals surface area (Å²) < 4.78 is 8.96. The Hall–Kier alpha value is -1.38. The Kier molecular flexibility index (Phi) is 3.53. The van der Waals surface area contributed by atoms with Gasteiger partial charge < -0.3 is 9.30 Å².